The Labute approximate surface area is 248 Å². The topological polar surface area (TPSA) is 120 Å². The number of carbonyl (C=O) groups is 1. The van der Waals surface area contributed by atoms with E-state index in [2.05, 4.69) is 21.8 Å². The van der Waals surface area contributed by atoms with Crippen LogP contribution in [0.25, 0.3) is 39.0 Å². The van der Waals surface area contributed by atoms with Gasteiger partial charge in [-0.25, -0.2) is 14.6 Å². The van der Waals surface area contributed by atoms with Gasteiger partial charge in [0.1, 0.15) is 11.3 Å². The van der Waals surface area contributed by atoms with Gasteiger partial charge >= 0.3 is 0 Å². The summed E-state index contributed by atoms with van der Waals surface area (Å²) in [6, 6.07) is 5.77. The van der Waals surface area contributed by atoms with Crippen molar-refractivity contribution < 1.29 is 14.3 Å². The zero-order valence-corrected chi connectivity index (χ0v) is 24.8. The fourth-order valence-corrected chi connectivity index (χ4v) is 5.85. The van der Waals surface area contributed by atoms with Gasteiger partial charge in [0.15, 0.2) is 17.5 Å². The predicted octanol–water partition coefficient (Wildman–Crippen LogP) is 2.31. The number of aryl methyl sites for hydroxylation is 2. The van der Waals surface area contributed by atoms with Crippen LogP contribution in [0, 0.1) is 6.92 Å². The summed E-state index contributed by atoms with van der Waals surface area (Å²) in [4.78, 5) is 39.1. The number of nitrogens with zero attached hydrogens (tertiary/aromatic N) is 10. The van der Waals surface area contributed by atoms with Gasteiger partial charge in [-0.2, -0.15) is 5.10 Å². The average molecular weight is 583 g/mol. The molecule has 0 N–H and O–H groups in total. The summed E-state index contributed by atoms with van der Waals surface area (Å²) < 4.78 is 14.9. The molecule has 2 aliphatic heterocycles. The van der Waals surface area contributed by atoms with Gasteiger partial charge < -0.3 is 28.7 Å². The minimum atomic E-state index is -0.0671. The van der Waals surface area contributed by atoms with Gasteiger partial charge in [0.25, 0.3) is 5.91 Å². The first kappa shape index (κ1) is 27.2. The predicted molar refractivity (Wildman–Crippen MR) is 162 cm³/mol. The molecule has 0 saturated carbocycles. The van der Waals surface area contributed by atoms with Crippen LogP contribution >= 0.6 is 0 Å². The van der Waals surface area contributed by atoms with E-state index in [4.69, 9.17) is 29.5 Å². The molecule has 7 rings (SSSR count). The first-order chi connectivity index (χ1) is 20.9. The smallest absolute Gasteiger partial charge is 0.289 e. The van der Waals surface area contributed by atoms with Crippen molar-refractivity contribution in [2.24, 2.45) is 7.05 Å². The van der Waals surface area contributed by atoms with E-state index in [0.717, 1.165) is 46.5 Å². The number of carbonyl (C=O) groups excluding carboxylic acids is 1. The molecule has 0 bridgehead atoms. The molecule has 2 aliphatic rings. The number of methoxy groups -OCH3 is 1. The van der Waals surface area contributed by atoms with Gasteiger partial charge in [-0.15, -0.1) is 0 Å². The number of morpholine rings is 1. The fraction of sp³-hybridized carbons (Fsp3) is 0.400. The molecule has 5 aromatic rings. The number of rotatable bonds is 5. The second-order valence-corrected chi connectivity index (χ2v) is 11.0. The molecule has 0 aliphatic carbocycles. The maximum absolute atomic E-state index is 13.7. The number of imidazole rings is 1. The van der Waals surface area contributed by atoms with E-state index in [0.29, 0.717) is 68.1 Å². The zero-order valence-electron chi connectivity index (χ0n) is 24.8. The largest absolute Gasteiger partial charge is 0.496 e. The van der Waals surface area contributed by atoms with Crippen molar-refractivity contribution in [3.05, 3.63) is 48.3 Å². The van der Waals surface area contributed by atoms with Gasteiger partial charge in [0.05, 0.1) is 48.8 Å². The number of fused-ring (bicyclic) bond motifs is 2. The third-order valence-electron chi connectivity index (χ3n) is 8.38. The molecule has 0 aromatic carbocycles. The summed E-state index contributed by atoms with van der Waals surface area (Å²) in [6.45, 7) is 7.55. The van der Waals surface area contributed by atoms with Crippen molar-refractivity contribution in [3.63, 3.8) is 0 Å². The van der Waals surface area contributed by atoms with E-state index >= 15 is 0 Å². The van der Waals surface area contributed by atoms with Crippen LogP contribution in [0.15, 0.2) is 36.8 Å². The standard InChI is InChI=1S/C30H34N10O3/c1-19-20-18-32-40(23(20)15-22(33-19)21-17-31-6-5-25(21)42-4)26-16-24-27(28(34-26)38-11-13-43-14-12-38)35-29(37(24)3)30(41)39-9-7-36(2)8-10-39/h5-6,15-18H,7-14H2,1-4H3. The van der Waals surface area contributed by atoms with Gasteiger partial charge in [-0.3, -0.25) is 14.8 Å². The molecular weight excluding hydrogens is 548 g/mol. The van der Waals surface area contributed by atoms with Crippen molar-refractivity contribution in [3.8, 4) is 22.8 Å². The highest BCUT2D eigenvalue weighted by atomic mass is 16.5. The first-order valence-electron chi connectivity index (χ1n) is 14.4. The Morgan fingerprint density at radius 2 is 1.74 bits per heavy atom. The normalized spacial score (nSPS) is 16.4. The summed E-state index contributed by atoms with van der Waals surface area (Å²) in [5.74, 6) is 2.37. The van der Waals surface area contributed by atoms with E-state index in [1.54, 1.807) is 19.5 Å². The van der Waals surface area contributed by atoms with Crippen molar-refractivity contribution >= 4 is 33.7 Å². The van der Waals surface area contributed by atoms with Crippen LogP contribution < -0.4 is 9.64 Å². The minimum absolute atomic E-state index is 0.0671. The van der Waals surface area contributed by atoms with E-state index < -0.39 is 0 Å². The molecule has 222 valence electrons. The van der Waals surface area contributed by atoms with Crippen LogP contribution in [0.1, 0.15) is 16.3 Å². The Hall–Kier alpha value is -4.62. The number of ether oxygens (including phenoxy) is 2. The van der Waals surface area contributed by atoms with Gasteiger partial charge in [0, 0.05) is 75.9 Å². The lowest BCUT2D eigenvalue weighted by Crippen LogP contribution is -2.47. The van der Waals surface area contributed by atoms with Crippen LogP contribution in [0.3, 0.4) is 0 Å². The summed E-state index contributed by atoms with van der Waals surface area (Å²) in [7, 11) is 5.61. The van der Waals surface area contributed by atoms with Crippen molar-refractivity contribution in [2.75, 3.05) is 71.5 Å². The van der Waals surface area contributed by atoms with Gasteiger partial charge in [-0.1, -0.05) is 0 Å². The van der Waals surface area contributed by atoms with Crippen LogP contribution in [-0.2, 0) is 11.8 Å². The molecule has 1 amide bonds. The summed E-state index contributed by atoms with van der Waals surface area (Å²) in [6.07, 6.45) is 5.26. The Morgan fingerprint density at radius 3 is 2.51 bits per heavy atom. The third-order valence-corrected chi connectivity index (χ3v) is 8.38. The molecule has 13 nitrogen and oxygen atoms in total. The van der Waals surface area contributed by atoms with Gasteiger partial charge in [-0.05, 0) is 26.1 Å². The molecule has 0 spiro atoms. The van der Waals surface area contributed by atoms with E-state index in [1.807, 2.05) is 52.5 Å². The molecule has 5 aromatic heterocycles. The highest BCUT2D eigenvalue weighted by Gasteiger charge is 2.28. The molecule has 43 heavy (non-hydrogen) atoms. The molecule has 0 radical (unpaired) electrons. The highest BCUT2D eigenvalue weighted by Crippen LogP contribution is 2.33. The SMILES string of the molecule is COc1ccncc1-c1cc2c(cnn2-c2cc3c(nc(C(=O)N4CCN(C)CC4)n3C)c(N3CCOCC3)n2)c(C)n1. The molecule has 2 fully saturated rings. The highest BCUT2D eigenvalue weighted by molar-refractivity contribution is 5.98. The Balaban J connectivity index is 1.39. The first-order valence-corrected chi connectivity index (χ1v) is 14.4. The summed E-state index contributed by atoms with van der Waals surface area (Å²) >= 11 is 0. The number of hydrogen-bond acceptors (Lipinski definition) is 10. The molecule has 0 atom stereocenters. The molecular formula is C30H34N10O3. The number of anilines is 1. The van der Waals surface area contributed by atoms with E-state index in [-0.39, 0.29) is 5.91 Å². The number of pyridine rings is 3. The van der Waals surface area contributed by atoms with E-state index in [9.17, 15) is 4.79 Å². The number of likely N-dealkylation sites (N-methyl/N-ethyl adjacent to an activating group) is 1. The lowest BCUT2D eigenvalue weighted by Gasteiger charge is -2.32. The zero-order chi connectivity index (χ0) is 29.7. The summed E-state index contributed by atoms with van der Waals surface area (Å²) in [5.41, 5.74) is 4.71. The maximum Gasteiger partial charge on any atom is 0.289 e. The van der Waals surface area contributed by atoms with Crippen LogP contribution in [-0.4, -0.2) is 117 Å². The quantitative estimate of drug-likeness (QED) is 0.305. The number of hydrogen-bond donors (Lipinski definition) is 0. The molecule has 13 heteroatoms. The van der Waals surface area contributed by atoms with E-state index in [1.165, 1.54) is 0 Å². The Morgan fingerprint density at radius 1 is 0.953 bits per heavy atom. The lowest BCUT2D eigenvalue weighted by molar-refractivity contribution is 0.0649. The van der Waals surface area contributed by atoms with Crippen LogP contribution in [0.2, 0.25) is 0 Å². The molecule has 0 unspecified atom stereocenters. The number of piperazine rings is 1. The summed E-state index contributed by atoms with van der Waals surface area (Å²) in [5, 5.41) is 5.68. The van der Waals surface area contributed by atoms with Crippen LogP contribution in [0.4, 0.5) is 5.82 Å². The lowest BCUT2D eigenvalue weighted by atomic mass is 10.1. The number of aromatic nitrogens is 7. The number of amides is 1. The second-order valence-electron chi connectivity index (χ2n) is 11.0. The Kier molecular flexibility index (Phi) is 6.90. The second kappa shape index (κ2) is 10.9. The molecule has 7 heterocycles. The fourth-order valence-electron chi connectivity index (χ4n) is 5.85. The van der Waals surface area contributed by atoms with Crippen molar-refractivity contribution in [1.82, 2.24) is 44.1 Å². The Bertz CT molecular complexity index is 1830. The van der Waals surface area contributed by atoms with Crippen molar-refractivity contribution in [1.29, 1.82) is 0 Å². The molecule has 2 saturated heterocycles. The maximum atomic E-state index is 13.7. The van der Waals surface area contributed by atoms with Crippen molar-refractivity contribution in [2.45, 2.75) is 6.92 Å². The van der Waals surface area contributed by atoms with Crippen LogP contribution in [0.5, 0.6) is 5.75 Å². The monoisotopic (exact) mass is 582 g/mol. The third kappa shape index (κ3) is 4.74. The minimum Gasteiger partial charge on any atom is -0.496 e. The van der Waals surface area contributed by atoms with Gasteiger partial charge in [0.2, 0.25) is 0 Å². The average Bonchev–Trinajstić information content (AvgIpc) is 3.62.